The van der Waals surface area contributed by atoms with E-state index in [-0.39, 0.29) is 6.17 Å². The first-order valence-corrected chi connectivity index (χ1v) is 4.40. The minimum Gasteiger partial charge on any atom is -0.359 e. The van der Waals surface area contributed by atoms with Crippen molar-refractivity contribution in [2.45, 2.75) is 6.17 Å². The molecule has 62 valence electrons. The molecule has 1 aromatic rings. The number of nitrogens with zero attached hydrogens (tertiary/aromatic N) is 1. The van der Waals surface area contributed by atoms with Gasteiger partial charge in [0.05, 0.1) is 11.4 Å². The van der Waals surface area contributed by atoms with Crippen LogP contribution in [0, 0.1) is 0 Å². The molecule has 12 heavy (non-hydrogen) atoms. The van der Waals surface area contributed by atoms with Crippen molar-refractivity contribution in [3.63, 3.8) is 0 Å². The summed E-state index contributed by atoms with van der Waals surface area (Å²) in [5.74, 6) is 0. The molecule has 2 rings (SSSR count). The first-order chi connectivity index (χ1) is 5.83. The van der Waals surface area contributed by atoms with E-state index in [9.17, 15) is 0 Å². The van der Waals surface area contributed by atoms with Gasteiger partial charge in [-0.3, -0.25) is 4.42 Å². The van der Waals surface area contributed by atoms with E-state index in [1.807, 2.05) is 24.3 Å². The highest BCUT2D eigenvalue weighted by Gasteiger charge is 2.24. The van der Waals surface area contributed by atoms with Gasteiger partial charge < -0.3 is 5.32 Å². The summed E-state index contributed by atoms with van der Waals surface area (Å²) in [6.07, 6.45) is -0.0703. The van der Waals surface area contributed by atoms with Gasteiger partial charge in [-0.25, -0.2) is 0 Å². The Hall–Kier alpha value is -0.800. The van der Waals surface area contributed by atoms with E-state index in [0.717, 1.165) is 11.4 Å². The average Bonchev–Trinajstić information content (AvgIpc) is 2.44. The lowest BCUT2D eigenvalue weighted by Crippen LogP contribution is -2.28. The summed E-state index contributed by atoms with van der Waals surface area (Å²) < 4.78 is 1.60. The van der Waals surface area contributed by atoms with Gasteiger partial charge in [0.15, 0.2) is 0 Å². The third-order valence-corrected chi connectivity index (χ3v) is 2.46. The maximum Gasteiger partial charge on any atom is 0.144 e. The molecule has 0 radical (unpaired) electrons. The topological polar surface area (TPSA) is 15.3 Å². The molecule has 0 aliphatic carbocycles. The minimum absolute atomic E-state index is 0.0703. The van der Waals surface area contributed by atoms with E-state index >= 15 is 0 Å². The Morgan fingerprint density at radius 1 is 1.50 bits per heavy atom. The van der Waals surface area contributed by atoms with Crippen LogP contribution in [0.5, 0.6) is 0 Å². The third-order valence-electron chi connectivity index (χ3n) is 1.81. The zero-order chi connectivity index (χ0) is 8.55. The molecule has 4 heteroatoms. The van der Waals surface area contributed by atoms with Crippen LogP contribution in [0.2, 0.25) is 0 Å². The van der Waals surface area contributed by atoms with Crippen molar-refractivity contribution in [3.05, 3.63) is 24.3 Å². The van der Waals surface area contributed by atoms with E-state index in [1.54, 1.807) is 9.79 Å². The van der Waals surface area contributed by atoms with Crippen LogP contribution in [0.15, 0.2) is 24.3 Å². The summed E-state index contributed by atoms with van der Waals surface area (Å²) in [5, 5.41) is 4.77. The molecule has 1 atom stereocenters. The smallest absolute Gasteiger partial charge is 0.144 e. The van der Waals surface area contributed by atoms with Gasteiger partial charge >= 0.3 is 0 Å². The Balaban J connectivity index is 2.41. The van der Waals surface area contributed by atoms with E-state index < -0.39 is 0 Å². The molecule has 0 aromatic heterocycles. The molecule has 2 nitrogen and oxygen atoms in total. The monoisotopic (exact) mass is 198 g/mol. The normalized spacial score (nSPS) is 20.1. The van der Waals surface area contributed by atoms with E-state index in [4.69, 9.17) is 24.0 Å². The second-order valence-corrected chi connectivity index (χ2v) is 3.19. The van der Waals surface area contributed by atoms with Gasteiger partial charge in [0.2, 0.25) is 0 Å². The number of thiocarbonyl (C=S) groups is 1. The number of hydrogen-bond acceptors (Lipinski definition) is 3. The summed E-state index contributed by atoms with van der Waals surface area (Å²) in [7, 11) is 0. The zero-order valence-electron chi connectivity index (χ0n) is 6.20. The van der Waals surface area contributed by atoms with Crippen LogP contribution >= 0.6 is 24.0 Å². The van der Waals surface area contributed by atoms with Gasteiger partial charge in [0.1, 0.15) is 6.17 Å². The fourth-order valence-corrected chi connectivity index (χ4v) is 1.74. The molecule has 1 N–H and O–H groups in total. The highest BCUT2D eigenvalue weighted by molar-refractivity contribution is 7.79. The summed E-state index contributed by atoms with van der Waals surface area (Å²) in [5.41, 5.74) is 2.00. The lowest BCUT2D eigenvalue weighted by atomic mass is 10.3. The molecular formula is C8H7ClN2S. The molecule has 1 unspecified atom stereocenters. The van der Waals surface area contributed by atoms with Crippen molar-refractivity contribution in [2.24, 2.45) is 0 Å². The SMILES string of the molecule is S=CC1Nc2ccccc2N1Cl. The molecule has 0 bridgehead atoms. The van der Waals surface area contributed by atoms with Crippen LogP contribution in [0.4, 0.5) is 11.4 Å². The third kappa shape index (κ3) is 1.06. The maximum absolute atomic E-state index is 5.98. The van der Waals surface area contributed by atoms with Gasteiger partial charge in [-0.15, -0.1) is 0 Å². The number of rotatable bonds is 1. The Morgan fingerprint density at radius 2 is 2.25 bits per heavy atom. The first-order valence-electron chi connectivity index (χ1n) is 3.59. The van der Waals surface area contributed by atoms with E-state index in [0.29, 0.717) is 0 Å². The summed E-state index contributed by atoms with van der Waals surface area (Å²) in [4.78, 5) is 0. The van der Waals surface area contributed by atoms with Crippen LogP contribution in [-0.2, 0) is 0 Å². The molecule has 0 saturated carbocycles. The minimum atomic E-state index is -0.0703. The maximum atomic E-state index is 5.98. The van der Waals surface area contributed by atoms with Crippen LogP contribution in [0.3, 0.4) is 0 Å². The molecule has 0 spiro atoms. The fourth-order valence-electron chi connectivity index (χ4n) is 1.24. The average molecular weight is 199 g/mol. The lowest BCUT2D eigenvalue weighted by molar-refractivity contribution is 1.07. The van der Waals surface area contributed by atoms with Crippen LogP contribution in [0.1, 0.15) is 0 Å². The highest BCUT2D eigenvalue weighted by atomic mass is 35.5. The predicted molar refractivity (Wildman–Crippen MR) is 55.8 cm³/mol. The lowest BCUT2D eigenvalue weighted by Gasteiger charge is -2.12. The summed E-state index contributed by atoms with van der Waals surface area (Å²) >= 11 is 10.8. The van der Waals surface area contributed by atoms with Crippen LogP contribution in [-0.4, -0.2) is 11.5 Å². The second kappa shape index (κ2) is 2.92. The van der Waals surface area contributed by atoms with Gasteiger partial charge in [0.25, 0.3) is 0 Å². The van der Waals surface area contributed by atoms with Gasteiger partial charge in [-0.1, -0.05) is 24.4 Å². The number of para-hydroxylation sites is 2. The van der Waals surface area contributed by atoms with Crippen molar-refractivity contribution in [1.29, 1.82) is 0 Å². The molecule has 0 amide bonds. The van der Waals surface area contributed by atoms with E-state index in [1.165, 1.54) is 0 Å². The first kappa shape index (κ1) is 7.83. The number of nitrogens with one attached hydrogen (secondary N) is 1. The zero-order valence-corrected chi connectivity index (χ0v) is 7.77. The Bertz CT molecular complexity index is 316. The number of fused-ring (bicyclic) bond motifs is 1. The van der Waals surface area contributed by atoms with Crippen molar-refractivity contribution in [1.82, 2.24) is 0 Å². The molecule has 0 fully saturated rings. The summed E-state index contributed by atoms with van der Waals surface area (Å²) in [6, 6.07) is 7.83. The highest BCUT2D eigenvalue weighted by Crippen LogP contribution is 2.34. The summed E-state index contributed by atoms with van der Waals surface area (Å²) in [6.45, 7) is 0. The van der Waals surface area contributed by atoms with Crippen molar-refractivity contribution in [2.75, 3.05) is 9.74 Å². The fraction of sp³-hybridized carbons (Fsp3) is 0.125. The van der Waals surface area contributed by atoms with Crippen molar-refractivity contribution in [3.8, 4) is 0 Å². The van der Waals surface area contributed by atoms with Crippen molar-refractivity contribution >= 4 is 40.7 Å². The number of anilines is 2. The Labute approximate surface area is 81.2 Å². The van der Waals surface area contributed by atoms with Crippen LogP contribution < -0.4 is 9.74 Å². The Kier molecular flexibility index (Phi) is 1.90. The number of halogens is 1. The number of benzene rings is 1. The van der Waals surface area contributed by atoms with Gasteiger partial charge in [-0.05, 0) is 12.1 Å². The second-order valence-electron chi connectivity index (χ2n) is 2.55. The molecule has 1 aromatic carbocycles. The van der Waals surface area contributed by atoms with Crippen LogP contribution in [0.25, 0.3) is 0 Å². The van der Waals surface area contributed by atoms with Crippen molar-refractivity contribution < 1.29 is 0 Å². The number of hydrogen-bond donors (Lipinski definition) is 1. The predicted octanol–water partition coefficient (Wildman–Crippen LogP) is 2.40. The largest absolute Gasteiger partial charge is 0.359 e. The standard InChI is InChI=1S/C8H7ClN2S/c9-11-7-4-2-1-3-6(7)10-8(11)5-12/h1-5,8,10H. The molecular weight excluding hydrogens is 192 g/mol. The van der Waals surface area contributed by atoms with E-state index in [2.05, 4.69) is 5.32 Å². The molecule has 1 aliphatic rings. The molecule has 1 aliphatic heterocycles. The molecule has 1 heterocycles. The van der Waals surface area contributed by atoms with Gasteiger partial charge in [0, 0.05) is 17.1 Å². The Morgan fingerprint density at radius 3 is 2.92 bits per heavy atom. The molecule has 0 saturated heterocycles. The van der Waals surface area contributed by atoms with Gasteiger partial charge in [-0.2, -0.15) is 0 Å². The quantitative estimate of drug-likeness (QED) is 0.551.